The molecule has 0 radical (unpaired) electrons. The molecule has 1 aliphatic rings. The minimum atomic E-state index is -0.132. The first kappa shape index (κ1) is 21.7. The lowest BCUT2D eigenvalue weighted by atomic mass is 9.91. The Kier molecular flexibility index (Phi) is 6.54. The molecule has 162 valence electrons. The van der Waals surface area contributed by atoms with E-state index < -0.39 is 0 Å². The largest absolute Gasteiger partial charge is 0.377 e. The number of nitrogens with one attached hydrogen (secondary N) is 2. The van der Waals surface area contributed by atoms with Crippen LogP contribution in [0.2, 0.25) is 10.0 Å². The Bertz CT molecular complexity index is 1070. The van der Waals surface area contributed by atoms with Crippen molar-refractivity contribution < 1.29 is 4.79 Å². The van der Waals surface area contributed by atoms with E-state index in [2.05, 4.69) is 27.7 Å². The Balaban J connectivity index is 1.38. The van der Waals surface area contributed by atoms with E-state index in [4.69, 9.17) is 28.2 Å². The molecule has 1 amide bonds. The molecular weight excluding hydrogens is 431 g/mol. The van der Waals surface area contributed by atoms with Gasteiger partial charge in [0.1, 0.15) is 5.82 Å². The summed E-state index contributed by atoms with van der Waals surface area (Å²) >= 11 is 12.0. The third-order valence-corrected chi connectivity index (χ3v) is 6.15. The first-order chi connectivity index (χ1) is 14.9. The minimum Gasteiger partial charge on any atom is -0.377 e. The van der Waals surface area contributed by atoms with Gasteiger partial charge in [0.05, 0.1) is 5.52 Å². The molecule has 0 saturated heterocycles. The van der Waals surface area contributed by atoms with E-state index in [-0.39, 0.29) is 11.9 Å². The number of anilines is 2. The lowest BCUT2D eigenvalue weighted by Crippen LogP contribution is -2.40. The molecule has 1 aromatic heterocycles. The van der Waals surface area contributed by atoms with Crippen LogP contribution in [0.5, 0.6) is 0 Å². The van der Waals surface area contributed by atoms with Gasteiger partial charge in [-0.1, -0.05) is 41.4 Å². The Labute approximate surface area is 192 Å². The van der Waals surface area contributed by atoms with Crippen molar-refractivity contribution in [2.24, 2.45) is 0 Å². The highest BCUT2D eigenvalue weighted by Crippen LogP contribution is 2.29. The molecule has 0 unspecified atom stereocenters. The van der Waals surface area contributed by atoms with Gasteiger partial charge in [0.2, 0.25) is 0 Å². The fourth-order valence-electron chi connectivity index (χ4n) is 4.15. The van der Waals surface area contributed by atoms with Crippen LogP contribution in [0.1, 0.15) is 36.0 Å². The van der Waals surface area contributed by atoms with Gasteiger partial charge >= 0.3 is 0 Å². The maximum Gasteiger partial charge on any atom is 0.251 e. The molecule has 1 aliphatic carbocycles. The van der Waals surface area contributed by atoms with Crippen molar-refractivity contribution in [3.8, 4) is 0 Å². The average Bonchev–Trinajstić information content (AvgIpc) is 2.73. The fraction of sp³-hybridized carbons (Fsp3) is 0.333. The van der Waals surface area contributed by atoms with Crippen molar-refractivity contribution >= 4 is 51.5 Å². The summed E-state index contributed by atoms with van der Waals surface area (Å²) < 4.78 is 0. The molecule has 5 nitrogen and oxygen atoms in total. The highest BCUT2D eigenvalue weighted by atomic mass is 35.5. The molecule has 2 N–H and O–H groups in total. The first-order valence-corrected chi connectivity index (χ1v) is 11.3. The number of carbonyl (C=O) groups excluding carboxylic acids is 1. The second-order valence-corrected chi connectivity index (χ2v) is 9.14. The van der Waals surface area contributed by atoms with Crippen LogP contribution in [0.3, 0.4) is 0 Å². The molecule has 0 bridgehead atoms. The van der Waals surface area contributed by atoms with Crippen LogP contribution in [-0.2, 0) is 0 Å². The molecule has 1 heterocycles. The molecule has 3 aromatic rings. The minimum absolute atomic E-state index is 0.132. The van der Waals surface area contributed by atoms with Crippen molar-refractivity contribution in [1.29, 1.82) is 0 Å². The predicted molar refractivity (Wildman–Crippen MR) is 130 cm³/mol. The normalized spacial score (nSPS) is 18.6. The number of pyridine rings is 1. The predicted octanol–water partition coefficient (Wildman–Crippen LogP) is 5.76. The number of para-hydroxylation sites is 1. The van der Waals surface area contributed by atoms with Crippen LogP contribution >= 0.6 is 23.2 Å². The van der Waals surface area contributed by atoms with Crippen LogP contribution in [0.4, 0.5) is 11.5 Å². The van der Waals surface area contributed by atoms with Crippen LogP contribution in [-0.4, -0.2) is 37.1 Å². The molecule has 1 saturated carbocycles. The highest BCUT2D eigenvalue weighted by Gasteiger charge is 2.23. The monoisotopic (exact) mass is 456 g/mol. The van der Waals surface area contributed by atoms with Gasteiger partial charge in [-0.15, -0.1) is 0 Å². The van der Waals surface area contributed by atoms with Crippen molar-refractivity contribution in [2.45, 2.75) is 37.8 Å². The third kappa shape index (κ3) is 5.23. The van der Waals surface area contributed by atoms with Crippen LogP contribution < -0.4 is 15.5 Å². The maximum atomic E-state index is 12.6. The summed E-state index contributed by atoms with van der Waals surface area (Å²) in [5, 5.41) is 8.79. The van der Waals surface area contributed by atoms with E-state index >= 15 is 0 Å². The van der Waals surface area contributed by atoms with Crippen molar-refractivity contribution in [1.82, 2.24) is 10.3 Å². The highest BCUT2D eigenvalue weighted by molar-refractivity contribution is 6.35. The van der Waals surface area contributed by atoms with E-state index in [9.17, 15) is 4.79 Å². The summed E-state index contributed by atoms with van der Waals surface area (Å²) in [5.74, 6) is 0.760. The van der Waals surface area contributed by atoms with E-state index in [0.29, 0.717) is 21.7 Å². The Hall–Kier alpha value is -2.50. The van der Waals surface area contributed by atoms with Gasteiger partial charge in [-0.05, 0) is 49.9 Å². The summed E-state index contributed by atoms with van der Waals surface area (Å²) in [6, 6.07) is 15.7. The zero-order chi connectivity index (χ0) is 22.0. The fourth-order valence-corrected chi connectivity index (χ4v) is 4.67. The van der Waals surface area contributed by atoms with Crippen LogP contribution in [0, 0.1) is 0 Å². The number of amides is 1. The molecule has 7 heteroatoms. The zero-order valence-electron chi connectivity index (χ0n) is 17.7. The lowest BCUT2D eigenvalue weighted by Gasteiger charge is -2.30. The molecule has 0 aliphatic heterocycles. The SMILES string of the molecule is CN(C)c1cc(N[C@H]2CC[C@@H](NC(=O)c3cc(Cl)cc(Cl)c3)CC2)nc2ccccc12. The van der Waals surface area contributed by atoms with E-state index in [0.717, 1.165) is 48.1 Å². The number of nitrogens with zero attached hydrogens (tertiary/aromatic N) is 2. The number of benzene rings is 2. The summed E-state index contributed by atoms with van der Waals surface area (Å²) in [6.45, 7) is 0. The number of rotatable bonds is 5. The quantitative estimate of drug-likeness (QED) is 0.512. The van der Waals surface area contributed by atoms with Gasteiger partial charge in [-0.25, -0.2) is 4.98 Å². The summed E-state index contributed by atoms with van der Waals surface area (Å²) in [6.07, 6.45) is 3.75. The molecule has 4 rings (SSSR count). The van der Waals surface area contributed by atoms with Gasteiger partial charge < -0.3 is 15.5 Å². The van der Waals surface area contributed by atoms with E-state index in [1.165, 1.54) is 0 Å². The smallest absolute Gasteiger partial charge is 0.251 e. The summed E-state index contributed by atoms with van der Waals surface area (Å²) in [4.78, 5) is 19.5. The number of aromatic nitrogens is 1. The number of fused-ring (bicyclic) bond motifs is 1. The van der Waals surface area contributed by atoms with Crippen molar-refractivity contribution in [2.75, 3.05) is 24.3 Å². The van der Waals surface area contributed by atoms with Crippen molar-refractivity contribution in [3.05, 3.63) is 64.1 Å². The summed E-state index contributed by atoms with van der Waals surface area (Å²) in [5.41, 5.74) is 2.63. The van der Waals surface area contributed by atoms with Crippen LogP contribution in [0.25, 0.3) is 10.9 Å². The van der Waals surface area contributed by atoms with Gasteiger partial charge in [0.15, 0.2) is 0 Å². The molecule has 1 fully saturated rings. The number of hydrogen-bond acceptors (Lipinski definition) is 4. The van der Waals surface area contributed by atoms with Gasteiger partial charge in [0, 0.05) is 58.9 Å². The van der Waals surface area contributed by atoms with Crippen molar-refractivity contribution in [3.63, 3.8) is 0 Å². The van der Waals surface area contributed by atoms with Gasteiger partial charge in [0.25, 0.3) is 5.91 Å². The van der Waals surface area contributed by atoms with E-state index in [1.807, 2.05) is 32.3 Å². The molecular formula is C24H26Cl2N4O. The van der Waals surface area contributed by atoms with Gasteiger partial charge in [-0.3, -0.25) is 4.79 Å². The average molecular weight is 457 g/mol. The Morgan fingerprint density at radius 2 is 1.61 bits per heavy atom. The third-order valence-electron chi connectivity index (χ3n) is 5.72. The standard InChI is InChI=1S/C24H26Cl2N4O/c1-30(2)22-14-23(29-21-6-4-3-5-20(21)22)27-18-7-9-19(10-8-18)28-24(31)15-11-16(25)13-17(26)12-15/h3-6,11-14,18-19H,7-10H2,1-2H3,(H,27,29)(H,28,31)/t18-,19+. The molecule has 2 aromatic carbocycles. The van der Waals surface area contributed by atoms with Crippen LogP contribution in [0.15, 0.2) is 48.5 Å². The second kappa shape index (κ2) is 9.33. The molecule has 0 spiro atoms. The van der Waals surface area contributed by atoms with Gasteiger partial charge in [-0.2, -0.15) is 0 Å². The Morgan fingerprint density at radius 3 is 2.29 bits per heavy atom. The summed E-state index contributed by atoms with van der Waals surface area (Å²) in [7, 11) is 4.10. The zero-order valence-corrected chi connectivity index (χ0v) is 19.2. The number of halogens is 2. The Morgan fingerprint density at radius 1 is 0.968 bits per heavy atom. The number of carbonyl (C=O) groups is 1. The maximum absolute atomic E-state index is 12.6. The topological polar surface area (TPSA) is 57.3 Å². The lowest BCUT2D eigenvalue weighted by molar-refractivity contribution is 0.0926. The first-order valence-electron chi connectivity index (χ1n) is 10.5. The molecule has 0 atom stereocenters. The van der Waals surface area contributed by atoms with E-state index in [1.54, 1.807) is 18.2 Å². The second-order valence-electron chi connectivity index (χ2n) is 8.26. The molecule has 31 heavy (non-hydrogen) atoms. The number of hydrogen-bond donors (Lipinski definition) is 2.